The molecule has 1 fully saturated rings. The molecular weight excluding hydrogens is 366 g/mol. The summed E-state index contributed by atoms with van der Waals surface area (Å²) in [5, 5.41) is 0. The van der Waals surface area contributed by atoms with Crippen molar-refractivity contribution in [1.29, 1.82) is 0 Å². The normalized spacial score (nSPS) is 15.5. The summed E-state index contributed by atoms with van der Waals surface area (Å²) in [7, 11) is -3.48. The molecule has 1 aliphatic heterocycles. The van der Waals surface area contributed by atoms with Crippen molar-refractivity contribution in [2.24, 2.45) is 0 Å². The predicted octanol–water partition coefficient (Wildman–Crippen LogP) is 2.78. The highest BCUT2D eigenvalue weighted by Gasteiger charge is 2.26. The van der Waals surface area contributed by atoms with Gasteiger partial charge in [0.05, 0.1) is 18.1 Å². The van der Waals surface area contributed by atoms with Gasteiger partial charge in [-0.05, 0) is 61.4 Å². The SMILES string of the molecule is Cc1cc(C)cc(OCCOc2ccc(S(=O)(=O)N3CCOCC3)cc2)c1. The van der Waals surface area contributed by atoms with Gasteiger partial charge in [-0.1, -0.05) is 6.07 Å². The molecule has 27 heavy (non-hydrogen) atoms. The summed E-state index contributed by atoms with van der Waals surface area (Å²) >= 11 is 0. The Morgan fingerprint density at radius 2 is 1.44 bits per heavy atom. The minimum Gasteiger partial charge on any atom is -0.490 e. The van der Waals surface area contributed by atoms with Crippen LogP contribution < -0.4 is 9.47 Å². The summed E-state index contributed by atoms with van der Waals surface area (Å²) < 4.78 is 43.2. The summed E-state index contributed by atoms with van der Waals surface area (Å²) in [6, 6.07) is 12.6. The number of morpholine rings is 1. The molecule has 0 aliphatic carbocycles. The lowest BCUT2D eigenvalue weighted by molar-refractivity contribution is 0.0730. The van der Waals surface area contributed by atoms with Crippen molar-refractivity contribution >= 4 is 10.0 Å². The zero-order valence-electron chi connectivity index (χ0n) is 15.7. The Balaban J connectivity index is 1.51. The van der Waals surface area contributed by atoms with Crippen LogP contribution in [0.4, 0.5) is 0 Å². The van der Waals surface area contributed by atoms with Gasteiger partial charge in [-0.25, -0.2) is 8.42 Å². The maximum absolute atomic E-state index is 12.6. The van der Waals surface area contributed by atoms with Crippen LogP contribution in [0.15, 0.2) is 47.4 Å². The Bertz CT molecular complexity index is 838. The molecule has 0 amide bonds. The van der Waals surface area contributed by atoms with Gasteiger partial charge in [-0.3, -0.25) is 0 Å². The summed E-state index contributed by atoms with van der Waals surface area (Å²) in [6.45, 7) is 6.49. The number of benzene rings is 2. The van der Waals surface area contributed by atoms with Crippen LogP contribution in [0.1, 0.15) is 11.1 Å². The summed E-state index contributed by atoms with van der Waals surface area (Å²) in [4.78, 5) is 0.267. The number of sulfonamides is 1. The molecule has 0 unspecified atom stereocenters. The lowest BCUT2D eigenvalue weighted by Gasteiger charge is -2.26. The molecule has 3 rings (SSSR count). The second kappa shape index (κ2) is 8.73. The molecule has 2 aromatic rings. The van der Waals surface area contributed by atoms with Crippen LogP contribution >= 0.6 is 0 Å². The van der Waals surface area contributed by atoms with Crippen molar-refractivity contribution in [3.05, 3.63) is 53.6 Å². The van der Waals surface area contributed by atoms with E-state index in [1.54, 1.807) is 24.3 Å². The van der Waals surface area contributed by atoms with E-state index in [0.29, 0.717) is 45.3 Å². The van der Waals surface area contributed by atoms with Gasteiger partial charge in [-0.15, -0.1) is 0 Å². The maximum Gasteiger partial charge on any atom is 0.243 e. The Morgan fingerprint density at radius 3 is 2.04 bits per heavy atom. The molecular formula is C20H25NO5S. The second-order valence-corrected chi connectivity index (χ2v) is 8.45. The van der Waals surface area contributed by atoms with Gasteiger partial charge in [0.15, 0.2) is 0 Å². The van der Waals surface area contributed by atoms with Gasteiger partial charge in [0, 0.05) is 13.1 Å². The van der Waals surface area contributed by atoms with Crippen LogP contribution in [0, 0.1) is 13.8 Å². The molecule has 0 spiro atoms. The van der Waals surface area contributed by atoms with E-state index in [4.69, 9.17) is 14.2 Å². The Labute approximate surface area is 160 Å². The van der Waals surface area contributed by atoms with Crippen molar-refractivity contribution in [2.75, 3.05) is 39.5 Å². The average molecular weight is 391 g/mol. The topological polar surface area (TPSA) is 65.1 Å². The second-order valence-electron chi connectivity index (χ2n) is 6.51. The minimum atomic E-state index is -3.48. The van der Waals surface area contributed by atoms with E-state index in [1.807, 2.05) is 26.0 Å². The maximum atomic E-state index is 12.6. The first-order valence-electron chi connectivity index (χ1n) is 8.97. The quantitative estimate of drug-likeness (QED) is 0.679. The molecule has 0 atom stereocenters. The molecule has 1 heterocycles. The van der Waals surface area contributed by atoms with Gasteiger partial charge in [0.1, 0.15) is 24.7 Å². The van der Waals surface area contributed by atoms with Crippen LogP contribution in [0.25, 0.3) is 0 Å². The van der Waals surface area contributed by atoms with Gasteiger partial charge in [-0.2, -0.15) is 4.31 Å². The number of hydrogen-bond donors (Lipinski definition) is 0. The lowest BCUT2D eigenvalue weighted by atomic mass is 10.1. The molecule has 0 bridgehead atoms. The highest BCUT2D eigenvalue weighted by atomic mass is 32.2. The van der Waals surface area contributed by atoms with E-state index < -0.39 is 10.0 Å². The predicted molar refractivity (Wildman–Crippen MR) is 103 cm³/mol. The standard InChI is InChI=1S/C20H25NO5S/c1-16-13-17(2)15-19(14-16)26-12-11-25-18-3-5-20(6-4-18)27(22,23)21-7-9-24-10-8-21/h3-6,13-15H,7-12H2,1-2H3. The van der Waals surface area contributed by atoms with E-state index >= 15 is 0 Å². The largest absolute Gasteiger partial charge is 0.490 e. The number of nitrogens with zero attached hydrogens (tertiary/aromatic N) is 1. The number of aryl methyl sites for hydroxylation is 2. The van der Waals surface area contributed by atoms with E-state index in [2.05, 4.69) is 6.07 Å². The van der Waals surface area contributed by atoms with Crippen LogP contribution in [-0.4, -0.2) is 52.2 Å². The summed E-state index contributed by atoms with van der Waals surface area (Å²) in [5.41, 5.74) is 2.31. The van der Waals surface area contributed by atoms with Crippen molar-refractivity contribution in [1.82, 2.24) is 4.31 Å². The van der Waals surface area contributed by atoms with Gasteiger partial charge in [0.2, 0.25) is 10.0 Å². The highest BCUT2D eigenvalue weighted by Crippen LogP contribution is 2.21. The van der Waals surface area contributed by atoms with Gasteiger partial charge in [0.25, 0.3) is 0 Å². The third-order valence-electron chi connectivity index (χ3n) is 4.25. The van der Waals surface area contributed by atoms with E-state index in [0.717, 1.165) is 16.9 Å². The molecule has 146 valence electrons. The first-order valence-corrected chi connectivity index (χ1v) is 10.4. The molecule has 1 saturated heterocycles. The molecule has 0 radical (unpaired) electrons. The van der Waals surface area contributed by atoms with Crippen LogP contribution in [0.3, 0.4) is 0 Å². The van der Waals surface area contributed by atoms with Crippen molar-refractivity contribution < 1.29 is 22.6 Å². The third-order valence-corrected chi connectivity index (χ3v) is 6.16. The Hall–Kier alpha value is -2.09. The lowest BCUT2D eigenvalue weighted by Crippen LogP contribution is -2.40. The first-order chi connectivity index (χ1) is 12.9. The van der Waals surface area contributed by atoms with Crippen LogP contribution in [0.2, 0.25) is 0 Å². The minimum absolute atomic E-state index is 0.267. The van der Waals surface area contributed by atoms with E-state index in [-0.39, 0.29) is 4.90 Å². The van der Waals surface area contributed by atoms with Gasteiger partial charge >= 0.3 is 0 Å². The number of ether oxygens (including phenoxy) is 3. The molecule has 0 saturated carbocycles. The van der Waals surface area contributed by atoms with Crippen molar-refractivity contribution in [2.45, 2.75) is 18.7 Å². The van der Waals surface area contributed by atoms with Gasteiger partial charge < -0.3 is 14.2 Å². The van der Waals surface area contributed by atoms with Crippen molar-refractivity contribution in [3.8, 4) is 11.5 Å². The fraction of sp³-hybridized carbons (Fsp3) is 0.400. The molecule has 6 nitrogen and oxygen atoms in total. The highest BCUT2D eigenvalue weighted by molar-refractivity contribution is 7.89. The number of hydrogen-bond acceptors (Lipinski definition) is 5. The Morgan fingerprint density at radius 1 is 0.889 bits per heavy atom. The summed E-state index contributed by atoms with van der Waals surface area (Å²) in [6.07, 6.45) is 0. The smallest absolute Gasteiger partial charge is 0.243 e. The van der Waals surface area contributed by atoms with Crippen LogP contribution in [-0.2, 0) is 14.8 Å². The van der Waals surface area contributed by atoms with Crippen molar-refractivity contribution in [3.63, 3.8) is 0 Å². The zero-order valence-corrected chi connectivity index (χ0v) is 16.5. The first kappa shape index (κ1) is 19.7. The summed E-state index contributed by atoms with van der Waals surface area (Å²) in [5.74, 6) is 1.43. The Kier molecular flexibility index (Phi) is 6.36. The molecule has 2 aromatic carbocycles. The number of rotatable bonds is 7. The zero-order chi connectivity index (χ0) is 19.3. The van der Waals surface area contributed by atoms with E-state index in [1.165, 1.54) is 4.31 Å². The molecule has 7 heteroatoms. The third kappa shape index (κ3) is 5.22. The monoisotopic (exact) mass is 391 g/mol. The fourth-order valence-electron chi connectivity index (χ4n) is 2.98. The molecule has 1 aliphatic rings. The molecule has 0 aromatic heterocycles. The molecule has 0 N–H and O–H groups in total. The average Bonchev–Trinajstić information content (AvgIpc) is 2.66. The van der Waals surface area contributed by atoms with E-state index in [9.17, 15) is 8.42 Å². The van der Waals surface area contributed by atoms with Crippen LogP contribution in [0.5, 0.6) is 11.5 Å². The fourth-order valence-corrected chi connectivity index (χ4v) is 4.39.